The lowest BCUT2D eigenvalue weighted by atomic mass is 10.1. The van der Waals surface area contributed by atoms with Gasteiger partial charge in [0.25, 0.3) is 0 Å². The molecule has 3 nitrogen and oxygen atoms in total. The lowest BCUT2D eigenvalue weighted by Gasteiger charge is -2.19. The number of anilines is 1. The molecule has 2 unspecified atom stereocenters. The van der Waals surface area contributed by atoms with Crippen molar-refractivity contribution >= 4 is 23.0 Å². The minimum Gasteiger partial charge on any atom is -0.389 e. The third kappa shape index (κ3) is 2.32. The zero-order chi connectivity index (χ0) is 11.5. The van der Waals surface area contributed by atoms with Gasteiger partial charge in [0.05, 0.1) is 5.56 Å². The minimum absolute atomic E-state index is 0.404. The third-order valence-corrected chi connectivity index (χ3v) is 3.48. The smallest absolute Gasteiger partial charge is 0.136 e. The molecule has 1 heterocycles. The molecule has 1 aliphatic carbocycles. The van der Waals surface area contributed by atoms with E-state index >= 15 is 0 Å². The van der Waals surface area contributed by atoms with Crippen LogP contribution in [0.15, 0.2) is 18.3 Å². The van der Waals surface area contributed by atoms with Crippen LogP contribution in [0.2, 0.25) is 0 Å². The number of nitrogens with two attached hydrogens (primary N) is 1. The summed E-state index contributed by atoms with van der Waals surface area (Å²) in [5.41, 5.74) is 6.52. The van der Waals surface area contributed by atoms with Crippen molar-refractivity contribution < 1.29 is 0 Å². The number of nitrogens with zero attached hydrogens (tertiary/aromatic N) is 1. The Morgan fingerprint density at radius 1 is 1.56 bits per heavy atom. The fourth-order valence-electron chi connectivity index (χ4n) is 2.25. The molecule has 0 aromatic carbocycles. The topological polar surface area (TPSA) is 50.9 Å². The number of hydrogen-bond acceptors (Lipinski definition) is 3. The molecule has 2 atom stereocenters. The molecule has 0 bridgehead atoms. The number of pyridine rings is 1. The molecule has 3 N–H and O–H groups in total. The van der Waals surface area contributed by atoms with Crippen molar-refractivity contribution in [1.29, 1.82) is 0 Å². The highest BCUT2D eigenvalue weighted by atomic mass is 32.1. The molecule has 1 aliphatic rings. The number of rotatable bonds is 3. The van der Waals surface area contributed by atoms with E-state index in [-0.39, 0.29) is 0 Å². The zero-order valence-electron chi connectivity index (χ0n) is 9.44. The van der Waals surface area contributed by atoms with Crippen LogP contribution >= 0.6 is 12.2 Å². The monoisotopic (exact) mass is 235 g/mol. The van der Waals surface area contributed by atoms with E-state index in [2.05, 4.69) is 17.2 Å². The molecule has 1 aromatic heterocycles. The summed E-state index contributed by atoms with van der Waals surface area (Å²) in [6, 6.07) is 4.28. The molecule has 0 aliphatic heterocycles. The van der Waals surface area contributed by atoms with E-state index in [1.165, 1.54) is 19.3 Å². The van der Waals surface area contributed by atoms with Crippen LogP contribution in [0.4, 0.5) is 5.82 Å². The lowest BCUT2D eigenvalue weighted by molar-refractivity contribution is 0.555. The van der Waals surface area contributed by atoms with Gasteiger partial charge in [-0.2, -0.15) is 0 Å². The normalized spacial score (nSPS) is 24.3. The van der Waals surface area contributed by atoms with E-state index in [9.17, 15) is 0 Å². The van der Waals surface area contributed by atoms with Crippen molar-refractivity contribution in [3.63, 3.8) is 0 Å². The molecule has 0 spiro atoms. The highest BCUT2D eigenvalue weighted by Gasteiger charge is 2.24. The van der Waals surface area contributed by atoms with Gasteiger partial charge in [0.15, 0.2) is 0 Å². The molecule has 0 amide bonds. The van der Waals surface area contributed by atoms with Crippen LogP contribution in [-0.2, 0) is 0 Å². The molecular weight excluding hydrogens is 218 g/mol. The fraction of sp³-hybridized carbons (Fsp3) is 0.500. The van der Waals surface area contributed by atoms with E-state index in [0.29, 0.717) is 16.9 Å². The molecule has 16 heavy (non-hydrogen) atoms. The lowest BCUT2D eigenvalue weighted by Crippen LogP contribution is -2.24. The maximum atomic E-state index is 5.67. The summed E-state index contributed by atoms with van der Waals surface area (Å²) in [5.74, 6) is 1.52. The van der Waals surface area contributed by atoms with E-state index in [0.717, 1.165) is 11.4 Å². The zero-order valence-corrected chi connectivity index (χ0v) is 10.3. The Balaban J connectivity index is 2.17. The summed E-state index contributed by atoms with van der Waals surface area (Å²) >= 11 is 5.02. The summed E-state index contributed by atoms with van der Waals surface area (Å²) < 4.78 is 0. The van der Waals surface area contributed by atoms with Gasteiger partial charge in [0.1, 0.15) is 10.8 Å². The van der Waals surface area contributed by atoms with Crippen molar-refractivity contribution in [3.05, 3.63) is 23.9 Å². The number of nitrogens with one attached hydrogen (secondary N) is 1. The first-order valence-corrected chi connectivity index (χ1v) is 6.10. The van der Waals surface area contributed by atoms with Crippen molar-refractivity contribution in [2.24, 2.45) is 11.7 Å². The van der Waals surface area contributed by atoms with E-state index in [1.54, 1.807) is 6.20 Å². The Morgan fingerprint density at radius 3 is 3.00 bits per heavy atom. The second kappa shape index (κ2) is 4.78. The number of hydrogen-bond donors (Lipinski definition) is 2. The summed E-state index contributed by atoms with van der Waals surface area (Å²) in [6.07, 6.45) is 5.54. The standard InChI is InChI=1S/C12H17N3S/c1-8-4-2-6-10(8)15-12-9(11(13)16)5-3-7-14-12/h3,5,7-8,10H,2,4,6H2,1H3,(H2,13,16)(H,14,15). The largest absolute Gasteiger partial charge is 0.389 e. The van der Waals surface area contributed by atoms with Gasteiger partial charge in [0.2, 0.25) is 0 Å². The number of thiocarbonyl (C=S) groups is 1. The molecular formula is C12H17N3S. The van der Waals surface area contributed by atoms with Gasteiger partial charge < -0.3 is 11.1 Å². The highest BCUT2D eigenvalue weighted by molar-refractivity contribution is 7.80. The van der Waals surface area contributed by atoms with Gasteiger partial charge in [-0.15, -0.1) is 0 Å². The van der Waals surface area contributed by atoms with Crippen LogP contribution in [0.1, 0.15) is 31.7 Å². The van der Waals surface area contributed by atoms with Gasteiger partial charge in [-0.05, 0) is 30.9 Å². The van der Waals surface area contributed by atoms with Gasteiger partial charge >= 0.3 is 0 Å². The molecule has 2 rings (SSSR count). The van der Waals surface area contributed by atoms with Crippen molar-refractivity contribution in [2.75, 3.05) is 5.32 Å². The quantitative estimate of drug-likeness (QED) is 0.789. The summed E-state index contributed by atoms with van der Waals surface area (Å²) in [5, 5.41) is 3.46. The van der Waals surface area contributed by atoms with Crippen molar-refractivity contribution in [2.45, 2.75) is 32.2 Å². The van der Waals surface area contributed by atoms with Crippen LogP contribution in [0.5, 0.6) is 0 Å². The van der Waals surface area contributed by atoms with E-state index < -0.39 is 0 Å². The molecule has 1 saturated carbocycles. The molecule has 86 valence electrons. The maximum Gasteiger partial charge on any atom is 0.136 e. The SMILES string of the molecule is CC1CCCC1Nc1ncccc1C(N)=S. The van der Waals surface area contributed by atoms with E-state index in [4.69, 9.17) is 18.0 Å². The number of aromatic nitrogens is 1. The first-order chi connectivity index (χ1) is 7.68. The second-order valence-corrected chi connectivity index (χ2v) is 4.86. The van der Waals surface area contributed by atoms with Crippen LogP contribution in [-0.4, -0.2) is 16.0 Å². The average molecular weight is 235 g/mol. The first kappa shape index (κ1) is 11.3. The van der Waals surface area contributed by atoms with Gasteiger partial charge in [-0.25, -0.2) is 4.98 Å². The Labute approximate surface area is 101 Å². The highest BCUT2D eigenvalue weighted by Crippen LogP contribution is 2.28. The summed E-state index contributed by atoms with van der Waals surface area (Å²) in [6.45, 7) is 2.27. The van der Waals surface area contributed by atoms with Gasteiger partial charge in [0, 0.05) is 12.2 Å². The van der Waals surface area contributed by atoms with Crippen LogP contribution in [0.3, 0.4) is 0 Å². The minimum atomic E-state index is 0.404. The Hall–Kier alpha value is -1.16. The predicted molar refractivity (Wildman–Crippen MR) is 70.6 cm³/mol. The molecule has 1 fully saturated rings. The summed E-state index contributed by atoms with van der Waals surface area (Å²) in [7, 11) is 0. The van der Waals surface area contributed by atoms with Crippen molar-refractivity contribution in [1.82, 2.24) is 4.98 Å². The Bertz CT molecular complexity index is 392. The Kier molecular flexibility index (Phi) is 3.39. The third-order valence-electron chi connectivity index (χ3n) is 3.26. The summed E-state index contributed by atoms with van der Waals surface area (Å²) in [4.78, 5) is 4.72. The predicted octanol–water partition coefficient (Wildman–Crippen LogP) is 2.32. The fourth-order valence-corrected chi connectivity index (χ4v) is 2.42. The van der Waals surface area contributed by atoms with E-state index in [1.807, 2.05) is 12.1 Å². The van der Waals surface area contributed by atoms with Crippen LogP contribution < -0.4 is 11.1 Å². The molecule has 1 aromatic rings. The van der Waals surface area contributed by atoms with Crippen molar-refractivity contribution in [3.8, 4) is 0 Å². The van der Waals surface area contributed by atoms with Crippen LogP contribution in [0.25, 0.3) is 0 Å². The van der Waals surface area contributed by atoms with Gasteiger partial charge in [-0.3, -0.25) is 0 Å². The molecule has 0 radical (unpaired) electrons. The maximum absolute atomic E-state index is 5.67. The first-order valence-electron chi connectivity index (χ1n) is 5.70. The second-order valence-electron chi connectivity index (χ2n) is 4.42. The molecule has 4 heteroatoms. The van der Waals surface area contributed by atoms with Crippen LogP contribution in [0, 0.1) is 5.92 Å². The van der Waals surface area contributed by atoms with Gasteiger partial charge in [-0.1, -0.05) is 25.6 Å². The Morgan fingerprint density at radius 2 is 2.38 bits per heavy atom. The molecule has 0 saturated heterocycles. The average Bonchev–Trinajstić information content (AvgIpc) is 2.65.